The number of thioether (sulfide) groups is 1. The number of carbonyl (C=O) groups is 1. The standard InChI is InChI=1S/C27H34O3S/c1-7-29-25(28)11-9-8-10-21-14-15-22(30-21)13-12-20-17-23-24(16-19(20)2)31-27(5,6)18-26(23,3)4/h14-17H,7-11,18H2,1-6H3. The molecule has 3 nitrogen and oxygen atoms in total. The van der Waals surface area contributed by atoms with E-state index < -0.39 is 0 Å². The van der Waals surface area contributed by atoms with E-state index in [0.717, 1.165) is 37.0 Å². The molecular weight excluding hydrogens is 404 g/mol. The lowest BCUT2D eigenvalue weighted by atomic mass is 9.76. The number of aryl methyl sites for hydroxylation is 2. The highest BCUT2D eigenvalue weighted by Crippen LogP contribution is 2.51. The number of furan rings is 1. The molecule has 4 heteroatoms. The van der Waals surface area contributed by atoms with E-state index in [9.17, 15) is 4.79 Å². The van der Waals surface area contributed by atoms with Crippen LogP contribution in [0.2, 0.25) is 0 Å². The highest BCUT2D eigenvalue weighted by atomic mass is 32.2. The molecule has 1 aromatic heterocycles. The summed E-state index contributed by atoms with van der Waals surface area (Å²) in [6.07, 6.45) is 4.11. The first kappa shape index (κ1) is 23.5. The molecule has 0 saturated carbocycles. The van der Waals surface area contributed by atoms with Gasteiger partial charge in [-0.05, 0) is 79.8 Å². The lowest BCUT2D eigenvalue weighted by molar-refractivity contribution is -0.143. The number of benzene rings is 1. The van der Waals surface area contributed by atoms with Gasteiger partial charge in [-0.2, -0.15) is 0 Å². The van der Waals surface area contributed by atoms with Gasteiger partial charge in [0.2, 0.25) is 0 Å². The van der Waals surface area contributed by atoms with Crippen LogP contribution in [0.5, 0.6) is 0 Å². The fourth-order valence-electron chi connectivity index (χ4n) is 4.43. The maximum Gasteiger partial charge on any atom is 0.305 e. The first-order chi connectivity index (χ1) is 14.6. The van der Waals surface area contributed by atoms with Crippen LogP contribution in [-0.2, 0) is 21.4 Å². The van der Waals surface area contributed by atoms with Crippen molar-refractivity contribution in [1.82, 2.24) is 0 Å². The number of hydrogen-bond acceptors (Lipinski definition) is 4. The smallest absolute Gasteiger partial charge is 0.305 e. The predicted octanol–water partition coefficient (Wildman–Crippen LogP) is 6.82. The van der Waals surface area contributed by atoms with Gasteiger partial charge in [0.25, 0.3) is 0 Å². The van der Waals surface area contributed by atoms with E-state index in [0.29, 0.717) is 18.8 Å². The Morgan fingerprint density at radius 3 is 2.68 bits per heavy atom. The molecule has 1 aliphatic rings. The van der Waals surface area contributed by atoms with E-state index in [4.69, 9.17) is 9.15 Å². The topological polar surface area (TPSA) is 39.4 Å². The number of esters is 1. The number of carbonyl (C=O) groups excluding carboxylic acids is 1. The molecule has 0 unspecified atom stereocenters. The SMILES string of the molecule is CCOC(=O)CCCCc1ccc(C#Cc2cc3c(cc2C)SC(C)(C)CC3(C)C)o1. The molecule has 0 bridgehead atoms. The van der Waals surface area contributed by atoms with Crippen molar-refractivity contribution in [1.29, 1.82) is 0 Å². The Hall–Kier alpha value is -2.12. The summed E-state index contributed by atoms with van der Waals surface area (Å²) in [7, 11) is 0. The summed E-state index contributed by atoms with van der Waals surface area (Å²) in [4.78, 5) is 12.8. The molecule has 166 valence electrons. The van der Waals surface area contributed by atoms with Crippen molar-refractivity contribution in [3.63, 3.8) is 0 Å². The zero-order valence-corrected chi connectivity index (χ0v) is 20.5. The molecule has 0 radical (unpaired) electrons. The quantitative estimate of drug-likeness (QED) is 0.282. The van der Waals surface area contributed by atoms with Crippen molar-refractivity contribution in [2.24, 2.45) is 0 Å². The Labute approximate surface area is 191 Å². The van der Waals surface area contributed by atoms with Crippen LogP contribution in [-0.4, -0.2) is 17.3 Å². The molecule has 1 aliphatic heterocycles. The second-order valence-corrected chi connectivity index (χ2v) is 11.4. The first-order valence-corrected chi connectivity index (χ1v) is 12.0. The second-order valence-electron chi connectivity index (χ2n) is 9.61. The summed E-state index contributed by atoms with van der Waals surface area (Å²) in [6, 6.07) is 8.49. The molecule has 0 amide bonds. The average molecular weight is 439 g/mol. The molecule has 0 spiro atoms. The van der Waals surface area contributed by atoms with E-state index in [1.165, 1.54) is 16.0 Å². The van der Waals surface area contributed by atoms with Crippen LogP contribution < -0.4 is 0 Å². The van der Waals surface area contributed by atoms with Gasteiger partial charge in [0.05, 0.1) is 6.61 Å². The lowest BCUT2D eigenvalue weighted by Gasteiger charge is -2.42. The fraction of sp³-hybridized carbons (Fsp3) is 0.519. The van der Waals surface area contributed by atoms with Crippen LogP contribution >= 0.6 is 11.8 Å². The number of unbranched alkanes of at least 4 members (excludes halogenated alkanes) is 1. The molecule has 2 aromatic rings. The fourth-order valence-corrected chi connectivity index (χ4v) is 6.14. The summed E-state index contributed by atoms with van der Waals surface area (Å²) in [5.74, 6) is 8.01. The Kier molecular flexibility index (Phi) is 7.27. The van der Waals surface area contributed by atoms with Crippen molar-refractivity contribution >= 4 is 17.7 Å². The lowest BCUT2D eigenvalue weighted by Crippen LogP contribution is -2.33. The summed E-state index contributed by atoms with van der Waals surface area (Å²) in [6.45, 7) is 13.7. The Morgan fingerprint density at radius 1 is 1.16 bits per heavy atom. The average Bonchev–Trinajstić information content (AvgIpc) is 3.10. The van der Waals surface area contributed by atoms with Gasteiger partial charge in [-0.3, -0.25) is 4.79 Å². The minimum absolute atomic E-state index is 0.126. The van der Waals surface area contributed by atoms with E-state index in [1.807, 2.05) is 30.8 Å². The van der Waals surface area contributed by atoms with E-state index in [-0.39, 0.29) is 16.1 Å². The molecule has 2 heterocycles. The van der Waals surface area contributed by atoms with Gasteiger partial charge in [0.1, 0.15) is 5.76 Å². The third-order valence-electron chi connectivity index (χ3n) is 5.65. The molecular formula is C27H34O3S. The van der Waals surface area contributed by atoms with Gasteiger partial charge < -0.3 is 9.15 Å². The van der Waals surface area contributed by atoms with Gasteiger partial charge in [0.15, 0.2) is 5.76 Å². The molecule has 0 saturated heterocycles. The molecule has 0 N–H and O–H groups in total. The summed E-state index contributed by atoms with van der Waals surface area (Å²) < 4.78 is 11.1. The van der Waals surface area contributed by atoms with Crippen molar-refractivity contribution in [2.45, 2.75) is 88.7 Å². The molecule has 1 aromatic carbocycles. The van der Waals surface area contributed by atoms with E-state index in [2.05, 4.69) is 58.6 Å². The van der Waals surface area contributed by atoms with E-state index >= 15 is 0 Å². The zero-order valence-electron chi connectivity index (χ0n) is 19.7. The third kappa shape index (κ3) is 6.20. The Balaban J connectivity index is 1.67. The molecule has 0 fully saturated rings. The van der Waals surface area contributed by atoms with Crippen molar-refractivity contribution in [3.8, 4) is 11.8 Å². The summed E-state index contributed by atoms with van der Waals surface area (Å²) in [5.41, 5.74) is 3.81. The van der Waals surface area contributed by atoms with Crippen molar-refractivity contribution < 1.29 is 13.9 Å². The number of hydrogen-bond donors (Lipinski definition) is 0. The molecule has 31 heavy (non-hydrogen) atoms. The van der Waals surface area contributed by atoms with Crippen LogP contribution in [0.1, 0.15) is 88.5 Å². The minimum Gasteiger partial charge on any atom is -0.466 e. The predicted molar refractivity (Wildman–Crippen MR) is 128 cm³/mol. The highest BCUT2D eigenvalue weighted by Gasteiger charge is 2.38. The van der Waals surface area contributed by atoms with Crippen LogP contribution in [0.15, 0.2) is 33.6 Å². The number of fused-ring (bicyclic) bond motifs is 1. The van der Waals surface area contributed by atoms with Crippen molar-refractivity contribution in [3.05, 3.63) is 52.5 Å². The van der Waals surface area contributed by atoms with Crippen LogP contribution in [0.3, 0.4) is 0 Å². The second kappa shape index (κ2) is 9.57. The summed E-state index contributed by atoms with van der Waals surface area (Å²) >= 11 is 1.98. The Morgan fingerprint density at radius 2 is 1.94 bits per heavy atom. The van der Waals surface area contributed by atoms with E-state index in [1.54, 1.807) is 0 Å². The largest absolute Gasteiger partial charge is 0.466 e. The monoisotopic (exact) mass is 438 g/mol. The maximum atomic E-state index is 11.4. The maximum absolute atomic E-state index is 11.4. The Bertz CT molecular complexity index is 1000. The minimum atomic E-state index is -0.126. The zero-order chi connectivity index (χ0) is 22.6. The van der Waals surface area contributed by atoms with Crippen molar-refractivity contribution in [2.75, 3.05) is 6.61 Å². The van der Waals surface area contributed by atoms with Crippen LogP contribution in [0.4, 0.5) is 0 Å². The van der Waals surface area contributed by atoms with Gasteiger partial charge in [-0.1, -0.05) is 33.6 Å². The normalized spacial score (nSPS) is 16.2. The van der Waals surface area contributed by atoms with Gasteiger partial charge >= 0.3 is 5.97 Å². The van der Waals surface area contributed by atoms with Crippen LogP contribution in [0.25, 0.3) is 0 Å². The third-order valence-corrected chi connectivity index (χ3v) is 6.91. The van der Waals surface area contributed by atoms with Gasteiger partial charge in [-0.15, -0.1) is 11.8 Å². The molecule has 0 atom stereocenters. The highest BCUT2D eigenvalue weighted by molar-refractivity contribution is 8.00. The molecule has 0 aliphatic carbocycles. The first-order valence-electron chi connectivity index (χ1n) is 11.2. The van der Waals surface area contributed by atoms with Gasteiger partial charge in [-0.25, -0.2) is 0 Å². The number of rotatable bonds is 6. The summed E-state index contributed by atoms with van der Waals surface area (Å²) in [5, 5.41) is 0. The molecule has 3 rings (SSSR count). The van der Waals surface area contributed by atoms with Crippen LogP contribution in [0, 0.1) is 18.8 Å². The number of ether oxygens (including phenoxy) is 1. The van der Waals surface area contributed by atoms with Gasteiger partial charge in [0, 0.05) is 28.0 Å².